The Balaban J connectivity index is 1.68. The Labute approximate surface area is 194 Å². The van der Waals surface area contributed by atoms with Crippen molar-refractivity contribution in [2.45, 2.75) is 11.4 Å². The Hall–Kier alpha value is -4.24. The molecule has 1 aromatic heterocycles. The summed E-state index contributed by atoms with van der Waals surface area (Å²) in [6.07, 6.45) is 2.31. The molecule has 0 aliphatic carbocycles. The van der Waals surface area contributed by atoms with Gasteiger partial charge in [-0.1, -0.05) is 66.7 Å². The number of aromatic hydroxyl groups is 1. The molecular formula is C25H19FN2O5S. The lowest BCUT2D eigenvalue weighted by Gasteiger charge is -2.14. The summed E-state index contributed by atoms with van der Waals surface area (Å²) in [4.78, 5) is 24.3. The van der Waals surface area contributed by atoms with E-state index in [9.17, 15) is 27.5 Å². The summed E-state index contributed by atoms with van der Waals surface area (Å²) in [5.74, 6) is -3.06. The number of pyridine rings is 1. The molecule has 34 heavy (non-hydrogen) atoms. The molecule has 4 aromatic rings. The topological polar surface area (TPSA) is 105 Å². The van der Waals surface area contributed by atoms with Crippen LogP contribution in [0.1, 0.15) is 15.9 Å². The first-order valence-corrected chi connectivity index (χ1v) is 11.6. The minimum absolute atomic E-state index is 0.180. The van der Waals surface area contributed by atoms with Gasteiger partial charge in [-0.3, -0.25) is 9.59 Å². The lowest BCUT2D eigenvalue weighted by molar-refractivity contribution is 0.0979. The monoisotopic (exact) mass is 478 g/mol. The number of carbonyl (C=O) groups excluding carboxylic acids is 1. The van der Waals surface area contributed by atoms with Gasteiger partial charge in [0, 0.05) is 12.7 Å². The predicted octanol–water partition coefficient (Wildman–Crippen LogP) is 3.53. The fourth-order valence-corrected chi connectivity index (χ4v) is 4.56. The van der Waals surface area contributed by atoms with E-state index in [0.29, 0.717) is 0 Å². The fraction of sp³-hybridized carbons (Fsp3) is 0.0400. The summed E-state index contributed by atoms with van der Waals surface area (Å²) in [5, 5.41) is 10.1. The quantitative estimate of drug-likeness (QED) is 0.441. The highest BCUT2D eigenvalue weighted by molar-refractivity contribution is 7.90. The molecule has 0 saturated heterocycles. The summed E-state index contributed by atoms with van der Waals surface area (Å²) in [6.45, 7) is 0.180. The van der Waals surface area contributed by atoms with Gasteiger partial charge in [0.05, 0.1) is 6.20 Å². The van der Waals surface area contributed by atoms with Crippen LogP contribution in [0.25, 0.3) is 11.1 Å². The second-order valence-electron chi connectivity index (χ2n) is 7.45. The van der Waals surface area contributed by atoms with Crippen molar-refractivity contribution in [1.82, 2.24) is 9.29 Å². The minimum atomic E-state index is -4.59. The minimum Gasteiger partial charge on any atom is -0.503 e. The highest BCUT2D eigenvalue weighted by atomic mass is 32.2. The third kappa shape index (κ3) is 4.74. The third-order valence-electron chi connectivity index (χ3n) is 5.11. The molecule has 1 amide bonds. The highest BCUT2D eigenvalue weighted by Crippen LogP contribution is 2.24. The van der Waals surface area contributed by atoms with Crippen LogP contribution in [-0.4, -0.2) is 24.0 Å². The molecule has 0 unspecified atom stereocenters. The summed E-state index contributed by atoms with van der Waals surface area (Å²) < 4.78 is 42.0. The van der Waals surface area contributed by atoms with Crippen molar-refractivity contribution in [2.75, 3.05) is 0 Å². The maximum absolute atomic E-state index is 13.9. The third-order valence-corrected chi connectivity index (χ3v) is 6.48. The van der Waals surface area contributed by atoms with Gasteiger partial charge in [0.2, 0.25) is 5.43 Å². The summed E-state index contributed by atoms with van der Waals surface area (Å²) >= 11 is 0. The number of nitrogens with zero attached hydrogens (tertiary/aromatic N) is 1. The van der Waals surface area contributed by atoms with Crippen LogP contribution in [-0.2, 0) is 16.6 Å². The van der Waals surface area contributed by atoms with E-state index in [1.165, 1.54) is 16.7 Å². The molecule has 0 atom stereocenters. The molecule has 3 aromatic carbocycles. The molecule has 4 rings (SSSR count). The standard InChI is InChI=1S/C25H19FN2O5S/c26-21-12-6-7-13-23(21)34(32,33)27-25(31)20-15-28(16-22(29)24(20)30)14-18-10-4-5-11-19(18)17-8-2-1-3-9-17/h1-13,15-16,29H,14H2,(H,27,31). The van der Waals surface area contributed by atoms with Gasteiger partial charge < -0.3 is 9.67 Å². The largest absolute Gasteiger partial charge is 0.503 e. The van der Waals surface area contributed by atoms with Crippen LogP contribution in [0.4, 0.5) is 4.39 Å². The number of rotatable bonds is 6. The van der Waals surface area contributed by atoms with E-state index in [0.717, 1.165) is 41.2 Å². The van der Waals surface area contributed by atoms with E-state index in [4.69, 9.17) is 0 Å². The second-order valence-corrected chi connectivity index (χ2v) is 9.10. The Morgan fingerprint density at radius 3 is 2.29 bits per heavy atom. The zero-order valence-electron chi connectivity index (χ0n) is 17.7. The SMILES string of the molecule is O=C(NS(=O)(=O)c1ccccc1F)c1cn(Cc2ccccc2-c2ccccc2)cc(O)c1=O. The van der Waals surface area contributed by atoms with Gasteiger partial charge >= 0.3 is 0 Å². The van der Waals surface area contributed by atoms with Crippen molar-refractivity contribution in [1.29, 1.82) is 0 Å². The zero-order chi connectivity index (χ0) is 24.3. The van der Waals surface area contributed by atoms with Gasteiger partial charge in [-0.15, -0.1) is 0 Å². The van der Waals surface area contributed by atoms with E-state index in [2.05, 4.69) is 0 Å². The van der Waals surface area contributed by atoms with Gasteiger partial charge in [0.15, 0.2) is 5.75 Å². The number of nitrogens with one attached hydrogen (secondary N) is 1. The molecular weight excluding hydrogens is 459 g/mol. The maximum Gasteiger partial charge on any atom is 0.270 e. The number of hydrogen-bond acceptors (Lipinski definition) is 5. The van der Waals surface area contributed by atoms with Crippen molar-refractivity contribution >= 4 is 15.9 Å². The summed E-state index contributed by atoms with van der Waals surface area (Å²) in [7, 11) is -4.59. The number of carbonyl (C=O) groups is 1. The zero-order valence-corrected chi connectivity index (χ0v) is 18.5. The van der Waals surface area contributed by atoms with E-state index in [1.807, 2.05) is 54.6 Å². The van der Waals surface area contributed by atoms with E-state index >= 15 is 0 Å². The average Bonchev–Trinajstić information content (AvgIpc) is 2.82. The molecule has 172 valence electrons. The van der Waals surface area contributed by atoms with Crippen LogP contribution < -0.4 is 10.2 Å². The molecule has 1 heterocycles. The van der Waals surface area contributed by atoms with Crippen molar-refractivity contribution in [2.24, 2.45) is 0 Å². The Morgan fingerprint density at radius 1 is 0.912 bits per heavy atom. The highest BCUT2D eigenvalue weighted by Gasteiger charge is 2.24. The predicted molar refractivity (Wildman–Crippen MR) is 124 cm³/mol. The van der Waals surface area contributed by atoms with Gasteiger partial charge in [0.25, 0.3) is 15.9 Å². The second kappa shape index (κ2) is 9.32. The smallest absolute Gasteiger partial charge is 0.270 e. The van der Waals surface area contributed by atoms with Crippen LogP contribution in [0, 0.1) is 5.82 Å². The first kappa shape index (κ1) is 22.9. The number of halogens is 1. The lowest BCUT2D eigenvalue weighted by Crippen LogP contribution is -2.34. The molecule has 0 radical (unpaired) electrons. The van der Waals surface area contributed by atoms with Crippen LogP contribution in [0.5, 0.6) is 5.75 Å². The van der Waals surface area contributed by atoms with Gasteiger partial charge in [-0.05, 0) is 28.8 Å². The number of benzene rings is 3. The van der Waals surface area contributed by atoms with Crippen molar-refractivity contribution in [3.63, 3.8) is 0 Å². The van der Waals surface area contributed by atoms with Gasteiger partial charge in [-0.25, -0.2) is 17.5 Å². The van der Waals surface area contributed by atoms with Crippen molar-refractivity contribution in [3.8, 4) is 16.9 Å². The first-order chi connectivity index (χ1) is 16.3. The number of sulfonamides is 1. The first-order valence-electron chi connectivity index (χ1n) is 10.1. The number of amides is 1. The van der Waals surface area contributed by atoms with Crippen LogP contribution in [0.2, 0.25) is 0 Å². The molecule has 0 saturated carbocycles. The normalized spacial score (nSPS) is 11.2. The maximum atomic E-state index is 13.9. The van der Waals surface area contributed by atoms with E-state index < -0.39 is 43.4 Å². The van der Waals surface area contributed by atoms with Crippen molar-refractivity contribution in [3.05, 3.63) is 118 Å². The lowest BCUT2D eigenvalue weighted by atomic mass is 9.99. The fourth-order valence-electron chi connectivity index (χ4n) is 3.52. The average molecular weight is 479 g/mol. The summed E-state index contributed by atoms with van der Waals surface area (Å²) in [6, 6.07) is 21.6. The van der Waals surface area contributed by atoms with Crippen LogP contribution in [0.15, 0.2) is 101 Å². The molecule has 0 bridgehead atoms. The van der Waals surface area contributed by atoms with Crippen LogP contribution >= 0.6 is 0 Å². The number of hydrogen-bond donors (Lipinski definition) is 2. The van der Waals surface area contributed by atoms with Crippen LogP contribution in [0.3, 0.4) is 0 Å². The van der Waals surface area contributed by atoms with Gasteiger partial charge in [0.1, 0.15) is 16.3 Å². The molecule has 0 aliphatic rings. The molecule has 0 fully saturated rings. The molecule has 9 heteroatoms. The molecule has 0 spiro atoms. The van der Waals surface area contributed by atoms with E-state index in [1.54, 1.807) is 4.72 Å². The van der Waals surface area contributed by atoms with Gasteiger partial charge in [-0.2, -0.15) is 0 Å². The Morgan fingerprint density at radius 2 is 1.56 bits per heavy atom. The van der Waals surface area contributed by atoms with E-state index in [-0.39, 0.29) is 6.54 Å². The molecule has 2 N–H and O–H groups in total. The molecule has 0 aliphatic heterocycles. The Bertz CT molecular complexity index is 1530. The number of aromatic nitrogens is 1. The Kier molecular flexibility index (Phi) is 6.29. The summed E-state index contributed by atoms with van der Waals surface area (Å²) in [5.41, 5.74) is 1.06. The van der Waals surface area contributed by atoms with Crippen molar-refractivity contribution < 1.29 is 22.7 Å². The molecule has 7 nitrogen and oxygen atoms in total.